The maximum absolute atomic E-state index is 6.21. The molecule has 0 saturated heterocycles. The van der Waals surface area contributed by atoms with Gasteiger partial charge in [-0.25, -0.2) is 0 Å². The lowest BCUT2D eigenvalue weighted by molar-refractivity contribution is 0.589. The molecule has 0 amide bonds. The number of hydrogen-bond donors (Lipinski definition) is 1. The molecule has 1 N–H and O–H groups in total. The first-order valence-electron chi connectivity index (χ1n) is 5.83. The molecule has 2 aromatic rings. The molecule has 96 valence electrons. The Morgan fingerprint density at radius 1 is 1.22 bits per heavy atom. The zero-order valence-electron chi connectivity index (χ0n) is 10.3. The van der Waals surface area contributed by atoms with Gasteiger partial charge in [-0.05, 0) is 34.7 Å². The molecule has 0 bridgehead atoms. The van der Waals surface area contributed by atoms with Gasteiger partial charge in [0.1, 0.15) is 0 Å². The molecule has 1 nitrogen and oxygen atoms in total. The molecule has 0 aliphatic heterocycles. The van der Waals surface area contributed by atoms with Crippen LogP contribution in [0.15, 0.2) is 29.6 Å². The van der Waals surface area contributed by atoms with E-state index >= 15 is 0 Å². The maximum atomic E-state index is 6.21. The Morgan fingerprint density at radius 3 is 2.61 bits per heavy atom. The first-order valence-corrected chi connectivity index (χ1v) is 7.46. The second-order valence-corrected chi connectivity index (χ2v) is 6.19. The van der Waals surface area contributed by atoms with Crippen molar-refractivity contribution in [3.8, 4) is 10.4 Å². The lowest BCUT2D eigenvalue weighted by Crippen LogP contribution is -2.22. The fourth-order valence-electron chi connectivity index (χ4n) is 1.71. The normalized spacial score (nSPS) is 11.2. The van der Waals surface area contributed by atoms with Crippen LogP contribution < -0.4 is 5.32 Å². The minimum Gasteiger partial charge on any atom is -0.310 e. The Hall–Kier alpha value is -0.540. The molecule has 0 spiro atoms. The molecule has 0 fully saturated rings. The van der Waals surface area contributed by atoms with Crippen molar-refractivity contribution in [3.05, 3.63) is 45.3 Å². The number of rotatable bonds is 4. The third kappa shape index (κ3) is 3.27. The summed E-state index contributed by atoms with van der Waals surface area (Å²) >= 11 is 13.9. The van der Waals surface area contributed by atoms with E-state index in [1.807, 2.05) is 23.6 Å². The smallest absolute Gasteiger partial charge is 0.0592 e. The van der Waals surface area contributed by atoms with Crippen LogP contribution in [-0.2, 0) is 6.54 Å². The molecule has 1 aromatic carbocycles. The molecule has 0 atom stereocenters. The molecule has 0 unspecified atom stereocenters. The highest BCUT2D eigenvalue weighted by molar-refractivity contribution is 7.14. The third-order valence-corrected chi connectivity index (χ3v) is 4.24. The van der Waals surface area contributed by atoms with Gasteiger partial charge in [0.25, 0.3) is 0 Å². The Kier molecular flexibility index (Phi) is 4.68. The predicted molar refractivity (Wildman–Crippen MR) is 81.8 cm³/mol. The molecular formula is C14H15Cl2NS. The summed E-state index contributed by atoms with van der Waals surface area (Å²) < 4.78 is 0. The summed E-state index contributed by atoms with van der Waals surface area (Å²) in [6, 6.07) is 8.33. The minimum absolute atomic E-state index is 0.451. The van der Waals surface area contributed by atoms with Crippen LogP contribution >= 0.6 is 34.5 Å². The molecule has 0 saturated carbocycles. The van der Waals surface area contributed by atoms with Gasteiger partial charge < -0.3 is 5.32 Å². The van der Waals surface area contributed by atoms with Gasteiger partial charge in [-0.3, -0.25) is 0 Å². The van der Waals surface area contributed by atoms with Crippen LogP contribution in [-0.4, -0.2) is 6.04 Å². The van der Waals surface area contributed by atoms with Crippen molar-refractivity contribution in [2.24, 2.45) is 0 Å². The number of nitrogens with one attached hydrogen (secondary N) is 1. The minimum atomic E-state index is 0.451. The summed E-state index contributed by atoms with van der Waals surface area (Å²) in [5.41, 5.74) is 2.34. The summed E-state index contributed by atoms with van der Waals surface area (Å²) in [5.74, 6) is 0. The highest BCUT2D eigenvalue weighted by Crippen LogP contribution is 2.36. The average Bonchev–Trinajstić information content (AvgIpc) is 2.73. The van der Waals surface area contributed by atoms with Crippen molar-refractivity contribution < 1.29 is 0 Å². The van der Waals surface area contributed by atoms with E-state index in [-0.39, 0.29) is 0 Å². The van der Waals surface area contributed by atoms with Gasteiger partial charge in [0.05, 0.1) is 9.90 Å². The van der Waals surface area contributed by atoms with Gasteiger partial charge in [-0.15, -0.1) is 11.3 Å². The van der Waals surface area contributed by atoms with Crippen LogP contribution in [0, 0.1) is 0 Å². The molecule has 4 heteroatoms. The summed E-state index contributed by atoms with van der Waals surface area (Å²) in [6.07, 6.45) is 0. The summed E-state index contributed by atoms with van der Waals surface area (Å²) in [7, 11) is 0. The first-order chi connectivity index (χ1) is 8.58. The fourth-order valence-corrected chi connectivity index (χ4v) is 3.10. The van der Waals surface area contributed by atoms with Crippen molar-refractivity contribution >= 4 is 34.5 Å². The maximum Gasteiger partial charge on any atom is 0.0592 e. The van der Waals surface area contributed by atoms with E-state index in [1.54, 1.807) is 11.3 Å². The van der Waals surface area contributed by atoms with Crippen LogP contribution in [0.5, 0.6) is 0 Å². The van der Waals surface area contributed by atoms with E-state index in [2.05, 4.69) is 25.2 Å². The molecular weight excluding hydrogens is 285 g/mol. The van der Waals surface area contributed by atoms with Gasteiger partial charge in [-0.1, -0.05) is 43.1 Å². The van der Waals surface area contributed by atoms with Crippen LogP contribution in [0.25, 0.3) is 10.4 Å². The number of hydrogen-bond acceptors (Lipinski definition) is 2. The third-order valence-electron chi connectivity index (χ3n) is 2.63. The van der Waals surface area contributed by atoms with E-state index in [0.717, 1.165) is 27.0 Å². The lowest BCUT2D eigenvalue weighted by Gasteiger charge is -2.12. The van der Waals surface area contributed by atoms with Crippen molar-refractivity contribution in [2.45, 2.75) is 26.4 Å². The average molecular weight is 300 g/mol. The zero-order chi connectivity index (χ0) is 13.1. The number of halogens is 2. The topological polar surface area (TPSA) is 12.0 Å². The second kappa shape index (κ2) is 6.07. The van der Waals surface area contributed by atoms with Crippen molar-refractivity contribution in [2.75, 3.05) is 0 Å². The number of benzene rings is 1. The molecule has 1 aromatic heterocycles. The molecule has 18 heavy (non-hydrogen) atoms. The second-order valence-electron chi connectivity index (χ2n) is 4.43. The van der Waals surface area contributed by atoms with Crippen LogP contribution in [0.1, 0.15) is 19.4 Å². The van der Waals surface area contributed by atoms with E-state index in [0.29, 0.717) is 6.04 Å². The molecule has 1 heterocycles. The van der Waals surface area contributed by atoms with Gasteiger partial charge in [-0.2, -0.15) is 0 Å². The van der Waals surface area contributed by atoms with E-state index in [4.69, 9.17) is 23.2 Å². The monoisotopic (exact) mass is 299 g/mol. The Bertz CT molecular complexity index is 534. The predicted octanol–water partition coefficient (Wildman–Crippen LogP) is 5.22. The van der Waals surface area contributed by atoms with Crippen LogP contribution in [0.2, 0.25) is 10.0 Å². The van der Waals surface area contributed by atoms with Crippen molar-refractivity contribution in [3.63, 3.8) is 0 Å². The zero-order valence-corrected chi connectivity index (χ0v) is 12.7. The molecule has 0 radical (unpaired) electrons. The summed E-state index contributed by atoms with van der Waals surface area (Å²) in [4.78, 5) is 1.08. The van der Waals surface area contributed by atoms with Gasteiger partial charge >= 0.3 is 0 Å². The fraction of sp³-hybridized carbons (Fsp3) is 0.286. The van der Waals surface area contributed by atoms with Gasteiger partial charge in [0.15, 0.2) is 0 Å². The Balaban J connectivity index is 2.38. The SMILES string of the molecule is CC(C)NCc1ccc(Cl)cc1-c1sccc1Cl. The quantitative estimate of drug-likeness (QED) is 0.816. The number of thiophene rings is 1. The lowest BCUT2D eigenvalue weighted by atomic mass is 10.1. The van der Waals surface area contributed by atoms with E-state index in [1.165, 1.54) is 5.56 Å². The van der Waals surface area contributed by atoms with Crippen molar-refractivity contribution in [1.82, 2.24) is 5.32 Å². The van der Waals surface area contributed by atoms with Crippen molar-refractivity contribution in [1.29, 1.82) is 0 Å². The van der Waals surface area contributed by atoms with Gasteiger partial charge in [0.2, 0.25) is 0 Å². The van der Waals surface area contributed by atoms with Gasteiger partial charge in [0, 0.05) is 17.6 Å². The van der Waals surface area contributed by atoms with E-state index < -0.39 is 0 Å². The first kappa shape index (κ1) is 13.9. The van der Waals surface area contributed by atoms with Crippen LogP contribution in [0.4, 0.5) is 0 Å². The Morgan fingerprint density at radius 2 is 2.00 bits per heavy atom. The molecule has 0 aliphatic rings. The summed E-state index contributed by atoms with van der Waals surface area (Å²) in [6.45, 7) is 5.08. The van der Waals surface area contributed by atoms with E-state index in [9.17, 15) is 0 Å². The molecule has 0 aliphatic carbocycles. The Labute approximate surface area is 122 Å². The largest absolute Gasteiger partial charge is 0.310 e. The standard InChI is InChI=1S/C14H15Cl2NS/c1-9(2)17-8-10-3-4-11(15)7-12(10)14-13(16)5-6-18-14/h3-7,9,17H,8H2,1-2H3. The highest BCUT2D eigenvalue weighted by atomic mass is 35.5. The highest BCUT2D eigenvalue weighted by Gasteiger charge is 2.11. The molecule has 2 rings (SSSR count). The summed E-state index contributed by atoms with van der Waals surface area (Å²) in [5, 5.41) is 6.94. The van der Waals surface area contributed by atoms with Crippen LogP contribution in [0.3, 0.4) is 0 Å².